The van der Waals surface area contributed by atoms with Gasteiger partial charge in [0.05, 0.1) is 0 Å². The van der Waals surface area contributed by atoms with E-state index >= 15 is 0 Å². The summed E-state index contributed by atoms with van der Waals surface area (Å²) in [5.41, 5.74) is 8.78. The third kappa shape index (κ3) is 2.64. The molecule has 1 aromatic heterocycles. The monoisotopic (exact) mass is 259 g/mol. The first-order valence-corrected chi connectivity index (χ1v) is 6.94. The van der Waals surface area contributed by atoms with Gasteiger partial charge in [-0.05, 0) is 31.7 Å². The lowest BCUT2D eigenvalue weighted by Crippen LogP contribution is -2.01. The second-order valence-corrected chi connectivity index (χ2v) is 5.44. The van der Waals surface area contributed by atoms with E-state index in [0.717, 1.165) is 22.6 Å². The number of benzene rings is 1. The van der Waals surface area contributed by atoms with Crippen molar-refractivity contribution in [2.24, 2.45) is 0 Å². The van der Waals surface area contributed by atoms with Crippen LogP contribution in [-0.2, 0) is 0 Å². The Bertz CT molecular complexity index is 526. The molecule has 0 saturated carbocycles. The van der Waals surface area contributed by atoms with Crippen LogP contribution in [0, 0.1) is 13.8 Å². The number of anilines is 1. The molecule has 94 valence electrons. The first kappa shape index (κ1) is 12.9. The number of hydrogen-bond donors (Lipinski definition) is 1. The Hall–Kier alpha value is -1.55. The van der Waals surface area contributed by atoms with Crippen molar-refractivity contribution in [1.29, 1.82) is 0 Å². The number of nitrogens with two attached hydrogens (primary N) is 1. The third-order valence-electron chi connectivity index (χ3n) is 2.85. The first-order valence-electron chi connectivity index (χ1n) is 5.95. The summed E-state index contributed by atoms with van der Waals surface area (Å²) in [5.74, 6) is 2.33. The molecule has 0 radical (unpaired) electrons. The Kier molecular flexibility index (Phi) is 3.87. The summed E-state index contributed by atoms with van der Waals surface area (Å²) in [6.45, 7) is 6.04. The molecular formula is C14H17N3S. The summed E-state index contributed by atoms with van der Waals surface area (Å²) in [7, 11) is 0. The van der Waals surface area contributed by atoms with Crippen LogP contribution in [0.4, 0.5) is 5.82 Å². The molecule has 0 amide bonds. The molecule has 0 bridgehead atoms. The predicted octanol–water partition coefficient (Wildman–Crippen LogP) is 3.45. The molecule has 0 spiro atoms. The SMILES string of the molecule is CCSc1ccc(-c2nc(C)c(C)c(N)n2)cc1. The average molecular weight is 259 g/mol. The quantitative estimate of drug-likeness (QED) is 0.858. The Morgan fingerprint density at radius 3 is 2.33 bits per heavy atom. The Labute approximate surface area is 112 Å². The van der Waals surface area contributed by atoms with Gasteiger partial charge in [0.25, 0.3) is 0 Å². The van der Waals surface area contributed by atoms with E-state index in [1.54, 1.807) is 0 Å². The highest BCUT2D eigenvalue weighted by Crippen LogP contribution is 2.23. The molecule has 1 heterocycles. The third-order valence-corrected chi connectivity index (χ3v) is 3.74. The summed E-state index contributed by atoms with van der Waals surface area (Å²) in [6, 6.07) is 8.28. The highest BCUT2D eigenvalue weighted by Gasteiger charge is 2.07. The van der Waals surface area contributed by atoms with Gasteiger partial charge in [-0.25, -0.2) is 9.97 Å². The standard InChI is InChI=1S/C14H17N3S/c1-4-18-12-7-5-11(6-8-12)14-16-10(3)9(2)13(15)17-14/h5-8H,4H2,1-3H3,(H2,15,16,17). The molecule has 0 aliphatic carbocycles. The molecule has 18 heavy (non-hydrogen) atoms. The van der Waals surface area contributed by atoms with Crippen LogP contribution in [0.5, 0.6) is 0 Å². The lowest BCUT2D eigenvalue weighted by molar-refractivity contribution is 1.08. The van der Waals surface area contributed by atoms with E-state index in [0.29, 0.717) is 11.6 Å². The fourth-order valence-electron chi connectivity index (χ4n) is 1.65. The van der Waals surface area contributed by atoms with Crippen LogP contribution in [0.15, 0.2) is 29.2 Å². The summed E-state index contributed by atoms with van der Waals surface area (Å²) in [5, 5.41) is 0. The average Bonchev–Trinajstić information content (AvgIpc) is 2.37. The van der Waals surface area contributed by atoms with Gasteiger partial charge >= 0.3 is 0 Å². The largest absolute Gasteiger partial charge is 0.383 e. The highest BCUT2D eigenvalue weighted by molar-refractivity contribution is 7.99. The van der Waals surface area contributed by atoms with Crippen molar-refractivity contribution in [3.8, 4) is 11.4 Å². The van der Waals surface area contributed by atoms with Crippen LogP contribution in [-0.4, -0.2) is 15.7 Å². The zero-order chi connectivity index (χ0) is 13.1. The molecule has 0 atom stereocenters. The zero-order valence-corrected chi connectivity index (χ0v) is 11.7. The van der Waals surface area contributed by atoms with Crippen molar-refractivity contribution in [3.05, 3.63) is 35.5 Å². The minimum absolute atomic E-state index is 0.560. The molecule has 0 aliphatic heterocycles. The maximum absolute atomic E-state index is 5.88. The minimum Gasteiger partial charge on any atom is -0.383 e. The van der Waals surface area contributed by atoms with Crippen LogP contribution < -0.4 is 5.73 Å². The highest BCUT2D eigenvalue weighted by atomic mass is 32.2. The van der Waals surface area contributed by atoms with Crippen LogP contribution in [0.25, 0.3) is 11.4 Å². The lowest BCUT2D eigenvalue weighted by Gasteiger charge is -2.07. The summed E-state index contributed by atoms with van der Waals surface area (Å²) >= 11 is 1.82. The van der Waals surface area contributed by atoms with Crippen molar-refractivity contribution in [3.63, 3.8) is 0 Å². The Morgan fingerprint density at radius 1 is 1.11 bits per heavy atom. The van der Waals surface area contributed by atoms with Gasteiger partial charge < -0.3 is 5.73 Å². The topological polar surface area (TPSA) is 51.8 Å². The van der Waals surface area contributed by atoms with Gasteiger partial charge in [0.15, 0.2) is 5.82 Å². The second-order valence-electron chi connectivity index (χ2n) is 4.10. The maximum atomic E-state index is 5.88. The van der Waals surface area contributed by atoms with Crippen LogP contribution >= 0.6 is 11.8 Å². The molecule has 2 aromatic rings. The molecule has 3 nitrogen and oxygen atoms in total. The number of nitrogens with zero attached hydrogens (tertiary/aromatic N) is 2. The molecule has 0 fully saturated rings. The van der Waals surface area contributed by atoms with Crippen molar-refractivity contribution >= 4 is 17.6 Å². The number of nitrogen functional groups attached to an aromatic ring is 1. The molecule has 2 rings (SSSR count). The van der Waals surface area contributed by atoms with E-state index in [1.165, 1.54) is 4.90 Å². The van der Waals surface area contributed by atoms with Gasteiger partial charge in [-0.1, -0.05) is 19.1 Å². The molecule has 0 saturated heterocycles. The first-order chi connectivity index (χ1) is 8.61. The molecular weight excluding hydrogens is 242 g/mol. The molecule has 0 unspecified atom stereocenters. The number of aryl methyl sites for hydroxylation is 1. The van der Waals surface area contributed by atoms with E-state index in [9.17, 15) is 0 Å². The minimum atomic E-state index is 0.560. The summed E-state index contributed by atoms with van der Waals surface area (Å²) < 4.78 is 0. The van der Waals surface area contributed by atoms with E-state index in [2.05, 4.69) is 29.0 Å². The fourth-order valence-corrected chi connectivity index (χ4v) is 2.31. The Morgan fingerprint density at radius 2 is 1.78 bits per heavy atom. The number of thioether (sulfide) groups is 1. The zero-order valence-electron chi connectivity index (χ0n) is 10.9. The number of hydrogen-bond acceptors (Lipinski definition) is 4. The van der Waals surface area contributed by atoms with E-state index in [1.807, 2.05) is 37.7 Å². The van der Waals surface area contributed by atoms with Crippen molar-refractivity contribution < 1.29 is 0 Å². The second kappa shape index (κ2) is 5.40. The fraction of sp³-hybridized carbons (Fsp3) is 0.286. The van der Waals surface area contributed by atoms with E-state index in [4.69, 9.17) is 5.73 Å². The Balaban J connectivity index is 2.36. The van der Waals surface area contributed by atoms with Gasteiger partial charge in [0, 0.05) is 21.7 Å². The van der Waals surface area contributed by atoms with Crippen molar-refractivity contribution in [1.82, 2.24) is 9.97 Å². The van der Waals surface area contributed by atoms with Crippen LogP contribution in [0.1, 0.15) is 18.2 Å². The predicted molar refractivity (Wildman–Crippen MR) is 77.8 cm³/mol. The van der Waals surface area contributed by atoms with Crippen molar-refractivity contribution in [2.45, 2.75) is 25.7 Å². The molecule has 2 N–H and O–H groups in total. The van der Waals surface area contributed by atoms with Crippen LogP contribution in [0.2, 0.25) is 0 Å². The van der Waals surface area contributed by atoms with Gasteiger partial charge in [-0.15, -0.1) is 11.8 Å². The number of rotatable bonds is 3. The van der Waals surface area contributed by atoms with Crippen molar-refractivity contribution in [2.75, 3.05) is 11.5 Å². The molecule has 4 heteroatoms. The van der Waals surface area contributed by atoms with Gasteiger partial charge in [0.1, 0.15) is 5.82 Å². The lowest BCUT2D eigenvalue weighted by atomic mass is 10.2. The van der Waals surface area contributed by atoms with E-state index in [-0.39, 0.29) is 0 Å². The number of aromatic nitrogens is 2. The summed E-state index contributed by atoms with van der Waals surface area (Å²) in [4.78, 5) is 10.1. The smallest absolute Gasteiger partial charge is 0.161 e. The molecule has 1 aromatic carbocycles. The van der Waals surface area contributed by atoms with Gasteiger partial charge in [-0.3, -0.25) is 0 Å². The molecule has 0 aliphatic rings. The van der Waals surface area contributed by atoms with Gasteiger partial charge in [0.2, 0.25) is 0 Å². The maximum Gasteiger partial charge on any atom is 0.161 e. The van der Waals surface area contributed by atoms with Crippen LogP contribution in [0.3, 0.4) is 0 Å². The van der Waals surface area contributed by atoms with Gasteiger partial charge in [-0.2, -0.15) is 0 Å². The normalized spacial score (nSPS) is 10.6. The van der Waals surface area contributed by atoms with E-state index < -0.39 is 0 Å². The summed E-state index contributed by atoms with van der Waals surface area (Å²) in [6.07, 6.45) is 0.